The second-order valence-electron chi connectivity index (χ2n) is 12.1. The first-order chi connectivity index (χ1) is 21.9. The number of benzene rings is 3. The van der Waals surface area contributed by atoms with Crippen LogP contribution < -0.4 is 9.64 Å². The number of imide groups is 2. The molecule has 3 fully saturated rings. The second-order valence-corrected chi connectivity index (χ2v) is 14.1. The van der Waals surface area contributed by atoms with E-state index in [1.807, 2.05) is 36.4 Å². The Hall–Kier alpha value is -3.73. The fourth-order valence-electron chi connectivity index (χ4n) is 7.68. The number of halogens is 4. The Morgan fingerprint density at radius 2 is 1.67 bits per heavy atom. The Morgan fingerprint density at radius 1 is 0.978 bits per heavy atom. The largest absolute Gasteiger partial charge is 0.503 e. The summed E-state index contributed by atoms with van der Waals surface area (Å²) in [6.07, 6.45) is 1.85. The molecule has 0 aromatic heterocycles. The van der Waals surface area contributed by atoms with Gasteiger partial charge in [-0.1, -0.05) is 42.0 Å². The Morgan fingerprint density at radius 3 is 2.35 bits per heavy atom. The second kappa shape index (κ2) is 10.9. The van der Waals surface area contributed by atoms with Gasteiger partial charge in [-0.05, 0) is 82.2 Å². The molecule has 2 aliphatic carbocycles. The number of anilines is 1. The Labute approximate surface area is 281 Å². The van der Waals surface area contributed by atoms with Gasteiger partial charge in [-0.15, -0.1) is 23.2 Å². The molecule has 8 nitrogen and oxygen atoms in total. The van der Waals surface area contributed by atoms with Gasteiger partial charge in [0, 0.05) is 5.92 Å². The van der Waals surface area contributed by atoms with Gasteiger partial charge in [0.15, 0.2) is 21.2 Å². The first-order valence-corrected chi connectivity index (χ1v) is 16.1. The van der Waals surface area contributed by atoms with Crippen molar-refractivity contribution in [3.63, 3.8) is 0 Å². The van der Waals surface area contributed by atoms with Crippen LogP contribution in [0.1, 0.15) is 29.9 Å². The van der Waals surface area contributed by atoms with Crippen LogP contribution in [0.3, 0.4) is 0 Å². The van der Waals surface area contributed by atoms with E-state index in [4.69, 9.17) is 27.9 Å². The van der Waals surface area contributed by atoms with Crippen LogP contribution in [0.4, 0.5) is 10.1 Å². The molecule has 1 saturated carbocycles. The highest BCUT2D eigenvalue weighted by molar-refractivity contribution is 9.10. The number of likely N-dealkylation sites (tertiary alicyclic amines) is 1. The summed E-state index contributed by atoms with van der Waals surface area (Å²) < 4.78 is 19.5. The molecule has 0 bridgehead atoms. The summed E-state index contributed by atoms with van der Waals surface area (Å²) >= 11 is 18.1. The number of ether oxygens (including phenoxy) is 1. The lowest BCUT2D eigenvalue weighted by Gasteiger charge is -2.50. The van der Waals surface area contributed by atoms with Crippen LogP contribution in [-0.4, -0.2) is 50.5 Å². The van der Waals surface area contributed by atoms with E-state index in [2.05, 4.69) is 15.9 Å². The number of hydrogen-bond donors (Lipinski definition) is 1. The van der Waals surface area contributed by atoms with E-state index in [0.717, 1.165) is 22.6 Å². The molecule has 2 heterocycles. The molecule has 0 unspecified atom stereocenters. The summed E-state index contributed by atoms with van der Waals surface area (Å²) in [7, 11) is 1.37. The first kappa shape index (κ1) is 30.9. The molecule has 0 spiro atoms. The number of fused-ring (bicyclic) bond motifs is 4. The molecule has 3 aromatic rings. The van der Waals surface area contributed by atoms with Crippen molar-refractivity contribution < 1.29 is 33.4 Å². The number of carbonyl (C=O) groups is 4. The van der Waals surface area contributed by atoms with Gasteiger partial charge < -0.3 is 9.84 Å². The quantitative estimate of drug-likeness (QED) is 0.195. The van der Waals surface area contributed by atoms with E-state index >= 15 is 0 Å². The Kier molecular flexibility index (Phi) is 7.34. The van der Waals surface area contributed by atoms with Crippen LogP contribution in [0.15, 0.2) is 82.9 Å². The van der Waals surface area contributed by atoms with Gasteiger partial charge in [0.05, 0.1) is 35.7 Å². The number of hydrogen-bond acceptors (Lipinski definition) is 6. The molecule has 0 radical (unpaired) electrons. The van der Waals surface area contributed by atoms with E-state index < -0.39 is 51.1 Å². The standard InChI is InChI=1S/C34H26BrCl2FN2O6/c1-46-25-14-18(13-24(35)28(25)41)27-21-11-12-22-26(30(43)39(29(22)42)16-17-5-3-2-4-6-17)23(21)15-33(36)31(44)40(32(45)34(27,33)37)20-9-7-19(38)8-10-20/h2-11,13-14,22-23,26-27,41H,12,15-16H2,1H3/t22-,23+,26-,27-,33+,34-/m0/s1. The van der Waals surface area contributed by atoms with Gasteiger partial charge >= 0.3 is 0 Å². The van der Waals surface area contributed by atoms with Crippen LogP contribution in [0.2, 0.25) is 0 Å². The fourth-order valence-corrected chi connectivity index (χ4v) is 9.07. The highest BCUT2D eigenvalue weighted by atomic mass is 79.9. The van der Waals surface area contributed by atoms with Crippen LogP contribution in [-0.2, 0) is 25.7 Å². The van der Waals surface area contributed by atoms with E-state index in [-0.39, 0.29) is 52.9 Å². The summed E-state index contributed by atoms with van der Waals surface area (Å²) in [6.45, 7) is 0.0975. The SMILES string of the molecule is COc1cc([C@H]2C3=CC[C@@H]4C(=O)N(Cc5ccccc5)C(=O)[C@@H]4[C@@H]3C[C@@]3(Cl)C(=O)N(c4ccc(F)cc4)C(=O)[C@@]23Cl)cc(Br)c1O. The van der Waals surface area contributed by atoms with Crippen LogP contribution in [0.5, 0.6) is 11.5 Å². The third-order valence-corrected chi connectivity index (χ3v) is 11.8. The highest BCUT2D eigenvalue weighted by Gasteiger charge is 2.76. The number of allylic oxidation sites excluding steroid dienone is 2. The van der Waals surface area contributed by atoms with Crippen molar-refractivity contribution in [2.75, 3.05) is 12.0 Å². The summed E-state index contributed by atoms with van der Waals surface area (Å²) in [5.41, 5.74) is 1.87. The third kappa shape index (κ3) is 4.22. The van der Waals surface area contributed by atoms with Gasteiger partial charge in [-0.3, -0.25) is 24.1 Å². The molecule has 4 aliphatic rings. The molecular formula is C34H26BrCl2FN2O6. The molecule has 7 rings (SSSR count). The van der Waals surface area contributed by atoms with E-state index in [1.54, 1.807) is 6.07 Å². The number of aromatic hydroxyl groups is 1. The van der Waals surface area contributed by atoms with Crippen LogP contribution in [0.25, 0.3) is 0 Å². The number of methoxy groups -OCH3 is 1. The average Bonchev–Trinajstić information content (AvgIpc) is 3.37. The molecule has 236 valence electrons. The maximum atomic E-state index is 14.5. The van der Waals surface area contributed by atoms with Crippen molar-refractivity contribution in [1.29, 1.82) is 0 Å². The summed E-state index contributed by atoms with van der Waals surface area (Å²) in [5, 5.41) is 10.6. The zero-order chi connectivity index (χ0) is 32.7. The minimum absolute atomic E-state index is 0.0783. The van der Waals surface area contributed by atoms with Crippen molar-refractivity contribution >= 4 is 68.4 Å². The summed E-state index contributed by atoms with van der Waals surface area (Å²) in [6, 6.07) is 17.1. The van der Waals surface area contributed by atoms with E-state index in [1.165, 1.54) is 30.2 Å². The average molecular weight is 728 g/mol. The number of rotatable bonds is 5. The maximum absolute atomic E-state index is 14.5. The topological polar surface area (TPSA) is 104 Å². The summed E-state index contributed by atoms with van der Waals surface area (Å²) in [4.78, 5) is 54.6. The molecule has 3 aromatic carbocycles. The number of phenolic OH excluding ortho intramolecular Hbond substituents is 1. The molecular weight excluding hydrogens is 702 g/mol. The van der Waals surface area contributed by atoms with Crippen molar-refractivity contribution in [1.82, 2.24) is 4.90 Å². The maximum Gasteiger partial charge on any atom is 0.258 e. The van der Waals surface area contributed by atoms with Crippen molar-refractivity contribution in [2.24, 2.45) is 17.8 Å². The van der Waals surface area contributed by atoms with Crippen molar-refractivity contribution in [3.8, 4) is 11.5 Å². The molecule has 6 atom stereocenters. The van der Waals surface area contributed by atoms with Crippen LogP contribution >= 0.6 is 39.1 Å². The summed E-state index contributed by atoms with van der Waals surface area (Å²) in [5.74, 6) is -6.33. The normalized spacial score (nSPS) is 30.2. The predicted octanol–water partition coefficient (Wildman–Crippen LogP) is 6.07. The van der Waals surface area contributed by atoms with E-state index in [0.29, 0.717) is 11.1 Å². The number of phenols is 1. The van der Waals surface area contributed by atoms with Crippen molar-refractivity contribution in [2.45, 2.75) is 35.1 Å². The Balaban J connectivity index is 1.39. The molecule has 1 N–H and O–H groups in total. The van der Waals surface area contributed by atoms with Gasteiger partial charge in [0.25, 0.3) is 11.8 Å². The lowest BCUT2D eigenvalue weighted by atomic mass is 9.56. The smallest absolute Gasteiger partial charge is 0.258 e. The molecule has 12 heteroatoms. The highest BCUT2D eigenvalue weighted by Crippen LogP contribution is 2.66. The van der Waals surface area contributed by atoms with Crippen molar-refractivity contribution in [3.05, 3.63) is 99.8 Å². The zero-order valence-electron chi connectivity index (χ0n) is 24.3. The Bertz CT molecular complexity index is 1860. The van der Waals surface area contributed by atoms with Gasteiger partial charge in [0.2, 0.25) is 11.8 Å². The van der Waals surface area contributed by atoms with Gasteiger partial charge in [-0.25, -0.2) is 9.29 Å². The predicted molar refractivity (Wildman–Crippen MR) is 171 cm³/mol. The number of amides is 4. The molecule has 2 aliphatic heterocycles. The molecule has 2 saturated heterocycles. The third-order valence-electron chi connectivity index (χ3n) is 9.77. The number of carbonyl (C=O) groups excluding carboxylic acids is 4. The van der Waals surface area contributed by atoms with Crippen LogP contribution in [0, 0.1) is 23.6 Å². The van der Waals surface area contributed by atoms with Gasteiger partial charge in [0.1, 0.15) is 5.82 Å². The first-order valence-electron chi connectivity index (χ1n) is 14.6. The van der Waals surface area contributed by atoms with Gasteiger partial charge in [-0.2, -0.15) is 0 Å². The minimum atomic E-state index is -2.11. The number of alkyl halides is 2. The molecule has 46 heavy (non-hydrogen) atoms. The zero-order valence-corrected chi connectivity index (χ0v) is 27.4. The number of nitrogens with zero attached hydrogens (tertiary/aromatic N) is 2. The molecule has 4 amide bonds. The monoisotopic (exact) mass is 726 g/mol. The lowest BCUT2D eigenvalue weighted by Crippen LogP contribution is -2.60. The minimum Gasteiger partial charge on any atom is -0.503 e. The lowest BCUT2D eigenvalue weighted by molar-refractivity contribution is -0.141. The fraction of sp³-hybridized carbons (Fsp3) is 0.294. The van der Waals surface area contributed by atoms with E-state index in [9.17, 15) is 28.7 Å².